The molecule has 10 heteroatoms. The minimum absolute atomic E-state index is 0.0731. The van der Waals surface area contributed by atoms with E-state index in [9.17, 15) is 4.79 Å². The highest BCUT2D eigenvalue weighted by atomic mass is 32.1. The first-order chi connectivity index (χ1) is 13.5. The Bertz CT molecular complexity index is 1120. The number of nitrogens with zero attached hydrogens (tertiary/aromatic N) is 6. The van der Waals surface area contributed by atoms with Gasteiger partial charge in [-0.2, -0.15) is 0 Å². The van der Waals surface area contributed by atoms with Gasteiger partial charge >= 0.3 is 0 Å². The number of thiazole rings is 1. The van der Waals surface area contributed by atoms with Crippen molar-refractivity contribution in [3.63, 3.8) is 0 Å². The molecule has 140 valence electrons. The first-order valence-corrected chi connectivity index (χ1v) is 9.14. The van der Waals surface area contributed by atoms with Gasteiger partial charge in [0.05, 0.1) is 17.4 Å². The number of hydrogen-bond donors (Lipinski definition) is 1. The molecule has 0 saturated heterocycles. The van der Waals surface area contributed by atoms with E-state index in [-0.39, 0.29) is 23.5 Å². The van der Waals surface area contributed by atoms with Crippen LogP contribution in [0.25, 0.3) is 34.4 Å². The summed E-state index contributed by atoms with van der Waals surface area (Å²) in [6.07, 6.45) is 1.55. The molecule has 0 unspecified atom stereocenters. The zero-order valence-electron chi connectivity index (χ0n) is 15.0. The molecule has 9 nitrogen and oxygen atoms in total. The third-order valence-corrected chi connectivity index (χ3v) is 4.50. The third kappa shape index (κ3) is 3.32. The molecule has 3 heterocycles. The molecule has 0 spiro atoms. The topological polar surface area (TPSA) is 124 Å². The number of carbonyl (C=O) groups is 1. The van der Waals surface area contributed by atoms with Gasteiger partial charge < -0.3 is 15.1 Å². The highest BCUT2D eigenvalue weighted by molar-refractivity contribution is 7.07. The molecular weight excluding hydrogens is 378 g/mol. The van der Waals surface area contributed by atoms with Crippen molar-refractivity contribution in [3.8, 4) is 34.4 Å². The normalized spacial score (nSPS) is 10.8. The Balaban J connectivity index is 1.67. The fourth-order valence-electron chi connectivity index (χ4n) is 2.48. The molecule has 2 N–H and O–H groups in total. The Morgan fingerprint density at radius 2 is 1.82 bits per heavy atom. The van der Waals surface area contributed by atoms with Crippen LogP contribution < -0.4 is 5.73 Å². The highest BCUT2D eigenvalue weighted by Crippen LogP contribution is 2.27. The standard InChI is InChI=1S/C18H15N7O2S/c1-25(2)18(26)11-5-3-10(4-6-11)12-7-20-15(19)14(22-12)17-24-23-16(27-17)13-8-28-9-21-13/h3-9H,1-2H3,(H2,19,20). The van der Waals surface area contributed by atoms with Gasteiger partial charge in [0.1, 0.15) is 5.69 Å². The maximum Gasteiger partial charge on any atom is 0.270 e. The van der Waals surface area contributed by atoms with E-state index in [2.05, 4.69) is 25.1 Å². The molecule has 0 atom stereocenters. The van der Waals surface area contributed by atoms with Crippen LogP contribution in [0.1, 0.15) is 10.4 Å². The van der Waals surface area contributed by atoms with E-state index in [1.807, 2.05) is 0 Å². The molecule has 0 aliphatic rings. The average Bonchev–Trinajstić information content (AvgIpc) is 3.39. The Kier molecular flexibility index (Phi) is 4.53. The van der Waals surface area contributed by atoms with Crippen molar-refractivity contribution in [3.05, 3.63) is 46.9 Å². The zero-order chi connectivity index (χ0) is 19.7. The molecule has 4 rings (SSSR count). The Morgan fingerprint density at radius 3 is 2.50 bits per heavy atom. The van der Waals surface area contributed by atoms with Crippen molar-refractivity contribution in [2.75, 3.05) is 19.8 Å². The lowest BCUT2D eigenvalue weighted by Gasteiger charge is -2.10. The fraction of sp³-hybridized carbons (Fsp3) is 0.111. The van der Waals surface area contributed by atoms with Crippen LogP contribution in [-0.2, 0) is 0 Å². The second kappa shape index (κ2) is 7.16. The lowest BCUT2D eigenvalue weighted by molar-refractivity contribution is 0.0827. The van der Waals surface area contributed by atoms with Crippen LogP contribution in [0.4, 0.5) is 5.82 Å². The number of rotatable bonds is 4. The molecule has 0 radical (unpaired) electrons. The predicted octanol–water partition coefficient (Wildman–Crippen LogP) is 2.60. The van der Waals surface area contributed by atoms with Gasteiger partial charge in [-0.05, 0) is 12.1 Å². The van der Waals surface area contributed by atoms with Gasteiger partial charge in [-0.15, -0.1) is 21.5 Å². The minimum atomic E-state index is -0.0731. The van der Waals surface area contributed by atoms with Gasteiger partial charge in [-0.1, -0.05) is 12.1 Å². The molecule has 0 aliphatic carbocycles. The minimum Gasteiger partial charge on any atom is -0.413 e. The van der Waals surface area contributed by atoms with Gasteiger partial charge in [-0.25, -0.2) is 15.0 Å². The predicted molar refractivity (Wildman–Crippen MR) is 104 cm³/mol. The number of nitrogens with two attached hydrogens (primary N) is 1. The van der Waals surface area contributed by atoms with Crippen LogP contribution in [0.3, 0.4) is 0 Å². The van der Waals surface area contributed by atoms with Crippen molar-refractivity contribution in [1.82, 2.24) is 30.0 Å². The third-order valence-electron chi connectivity index (χ3n) is 3.91. The number of benzene rings is 1. The molecular formula is C18H15N7O2S. The smallest absolute Gasteiger partial charge is 0.270 e. The van der Waals surface area contributed by atoms with Crippen molar-refractivity contribution in [2.45, 2.75) is 0 Å². The molecule has 3 aromatic heterocycles. The van der Waals surface area contributed by atoms with Crippen LogP contribution in [-0.4, -0.2) is 50.1 Å². The maximum atomic E-state index is 12.0. The number of amides is 1. The molecule has 0 bridgehead atoms. The number of aromatic nitrogens is 5. The highest BCUT2D eigenvalue weighted by Gasteiger charge is 2.17. The number of anilines is 1. The van der Waals surface area contributed by atoms with Gasteiger partial charge in [0.2, 0.25) is 0 Å². The van der Waals surface area contributed by atoms with E-state index >= 15 is 0 Å². The Morgan fingerprint density at radius 1 is 1.07 bits per heavy atom. The van der Waals surface area contributed by atoms with Gasteiger partial charge in [-0.3, -0.25) is 4.79 Å². The first kappa shape index (κ1) is 17.7. The molecule has 4 aromatic rings. The van der Waals surface area contributed by atoms with Crippen LogP contribution >= 0.6 is 11.3 Å². The second-order valence-corrected chi connectivity index (χ2v) is 6.77. The van der Waals surface area contributed by atoms with Gasteiger partial charge in [0, 0.05) is 30.6 Å². The number of nitrogen functional groups attached to an aromatic ring is 1. The van der Waals surface area contributed by atoms with Crippen molar-refractivity contribution >= 4 is 23.1 Å². The molecule has 28 heavy (non-hydrogen) atoms. The van der Waals surface area contributed by atoms with Gasteiger partial charge in [0.25, 0.3) is 17.7 Å². The summed E-state index contributed by atoms with van der Waals surface area (Å²) in [7, 11) is 3.41. The van der Waals surface area contributed by atoms with E-state index in [1.54, 1.807) is 55.4 Å². The first-order valence-electron chi connectivity index (χ1n) is 8.20. The van der Waals surface area contributed by atoms with Crippen LogP contribution in [0.2, 0.25) is 0 Å². The Hall–Kier alpha value is -3.66. The monoisotopic (exact) mass is 393 g/mol. The van der Waals surface area contributed by atoms with E-state index in [1.165, 1.54) is 16.2 Å². The summed E-state index contributed by atoms with van der Waals surface area (Å²) in [5.74, 6) is 0.552. The van der Waals surface area contributed by atoms with Crippen LogP contribution in [0, 0.1) is 0 Å². The van der Waals surface area contributed by atoms with Crippen molar-refractivity contribution in [2.24, 2.45) is 0 Å². The van der Waals surface area contributed by atoms with Crippen LogP contribution in [0.15, 0.2) is 45.8 Å². The summed E-state index contributed by atoms with van der Waals surface area (Å²) in [6.45, 7) is 0. The summed E-state index contributed by atoms with van der Waals surface area (Å²) in [5.41, 5.74) is 10.5. The largest absolute Gasteiger partial charge is 0.413 e. The number of carbonyl (C=O) groups excluding carboxylic acids is 1. The zero-order valence-corrected chi connectivity index (χ0v) is 15.8. The van der Waals surface area contributed by atoms with E-state index in [0.29, 0.717) is 22.6 Å². The SMILES string of the molecule is CN(C)C(=O)c1ccc(-c2cnc(N)c(-c3nnc(-c4cscn4)o3)n2)cc1. The summed E-state index contributed by atoms with van der Waals surface area (Å²) < 4.78 is 5.65. The van der Waals surface area contributed by atoms with E-state index in [0.717, 1.165) is 5.56 Å². The quantitative estimate of drug-likeness (QED) is 0.561. The molecule has 0 saturated carbocycles. The van der Waals surface area contributed by atoms with Crippen molar-refractivity contribution < 1.29 is 9.21 Å². The average molecular weight is 393 g/mol. The molecule has 0 aliphatic heterocycles. The maximum absolute atomic E-state index is 12.0. The van der Waals surface area contributed by atoms with E-state index in [4.69, 9.17) is 10.2 Å². The summed E-state index contributed by atoms with van der Waals surface area (Å²) >= 11 is 1.43. The lowest BCUT2D eigenvalue weighted by atomic mass is 10.1. The van der Waals surface area contributed by atoms with E-state index < -0.39 is 0 Å². The molecule has 0 fully saturated rings. The molecule has 1 amide bonds. The van der Waals surface area contributed by atoms with Gasteiger partial charge in [0.15, 0.2) is 11.5 Å². The lowest BCUT2D eigenvalue weighted by Crippen LogP contribution is -2.21. The second-order valence-electron chi connectivity index (χ2n) is 6.05. The fourth-order valence-corrected chi connectivity index (χ4v) is 3.00. The van der Waals surface area contributed by atoms with Crippen molar-refractivity contribution in [1.29, 1.82) is 0 Å². The van der Waals surface area contributed by atoms with Crippen LogP contribution in [0.5, 0.6) is 0 Å². The molecule has 1 aromatic carbocycles. The Labute approximate surface area is 163 Å². The number of hydrogen-bond acceptors (Lipinski definition) is 9. The summed E-state index contributed by atoms with van der Waals surface area (Å²) in [4.78, 5) is 26.4. The summed E-state index contributed by atoms with van der Waals surface area (Å²) in [6, 6.07) is 7.08. The summed E-state index contributed by atoms with van der Waals surface area (Å²) in [5, 5.41) is 9.80.